The predicted molar refractivity (Wildman–Crippen MR) is 134 cm³/mol. The Bertz CT molecular complexity index is 1110. The standard InChI is InChI=1S/C26H29N3O5S/c1-2-27-26(31)28-21-12-10-20(11-13-21)25-33-22(17-35-24-5-3-4-14-29(24)32)15-23(34-25)19-8-6-18(16-30)7-9-19/h3-14,22-23,25,30H,2,15-17H2,1H3,(H2,27,28,31)/t22-,23+,25+/m0/s1. The average Bonchev–Trinajstić information content (AvgIpc) is 2.88. The largest absolute Gasteiger partial charge is 0.618 e. The number of pyridine rings is 1. The number of aliphatic hydroxyl groups excluding tert-OH is 1. The Balaban J connectivity index is 1.50. The van der Waals surface area contributed by atoms with Gasteiger partial charge in [-0.2, -0.15) is 4.73 Å². The fourth-order valence-corrected chi connectivity index (χ4v) is 4.72. The van der Waals surface area contributed by atoms with E-state index < -0.39 is 6.29 Å². The molecule has 0 radical (unpaired) electrons. The SMILES string of the molecule is CCNC(=O)Nc1ccc([C@@H]2O[C@H](CSc3cccc[n+]3[O-])C[C@H](c3ccc(CO)cc3)O2)cc1. The molecule has 2 aromatic carbocycles. The van der Waals surface area contributed by atoms with Gasteiger partial charge in [-0.15, -0.1) is 0 Å². The Morgan fingerprint density at radius 3 is 2.51 bits per heavy atom. The minimum atomic E-state index is -0.606. The fraction of sp³-hybridized carbons (Fsp3) is 0.308. The lowest BCUT2D eigenvalue weighted by Gasteiger charge is -2.36. The summed E-state index contributed by atoms with van der Waals surface area (Å²) in [6, 6.07) is 20.1. The molecule has 8 nitrogen and oxygen atoms in total. The molecule has 1 aliphatic heterocycles. The number of aromatic nitrogens is 1. The van der Waals surface area contributed by atoms with E-state index in [1.54, 1.807) is 12.1 Å². The second kappa shape index (κ2) is 12.0. The van der Waals surface area contributed by atoms with Crippen LogP contribution in [0.25, 0.3) is 0 Å². The van der Waals surface area contributed by atoms with E-state index in [0.29, 0.717) is 29.4 Å². The number of anilines is 1. The number of ether oxygens (including phenoxy) is 2. The summed E-state index contributed by atoms with van der Waals surface area (Å²) in [6.07, 6.45) is 1.14. The maximum absolute atomic E-state index is 12.0. The molecule has 184 valence electrons. The maximum Gasteiger partial charge on any atom is 0.319 e. The lowest BCUT2D eigenvalue weighted by molar-refractivity contribution is -0.645. The third-order valence-electron chi connectivity index (χ3n) is 5.60. The number of hydrogen-bond donors (Lipinski definition) is 3. The minimum Gasteiger partial charge on any atom is -0.618 e. The molecule has 1 aliphatic rings. The molecule has 9 heteroatoms. The number of nitrogens with one attached hydrogen (secondary N) is 2. The number of hydrogen-bond acceptors (Lipinski definition) is 6. The highest BCUT2D eigenvalue weighted by Crippen LogP contribution is 2.39. The van der Waals surface area contributed by atoms with Crippen molar-refractivity contribution in [1.82, 2.24) is 5.32 Å². The molecule has 1 aromatic heterocycles. The van der Waals surface area contributed by atoms with Crippen molar-refractivity contribution in [2.45, 2.75) is 43.5 Å². The Kier molecular flexibility index (Phi) is 8.59. The van der Waals surface area contributed by atoms with Crippen molar-refractivity contribution < 1.29 is 24.1 Å². The summed E-state index contributed by atoms with van der Waals surface area (Å²) in [4.78, 5) is 11.8. The van der Waals surface area contributed by atoms with Crippen LogP contribution in [0.15, 0.2) is 78.0 Å². The summed E-state index contributed by atoms with van der Waals surface area (Å²) in [5.74, 6) is 0.591. The monoisotopic (exact) mass is 495 g/mol. The minimum absolute atomic E-state index is 0.0141. The van der Waals surface area contributed by atoms with E-state index >= 15 is 0 Å². The van der Waals surface area contributed by atoms with Crippen LogP contribution >= 0.6 is 11.8 Å². The molecule has 3 atom stereocenters. The van der Waals surface area contributed by atoms with Crippen molar-refractivity contribution in [3.05, 3.63) is 94.8 Å². The number of amides is 2. The molecule has 1 fully saturated rings. The van der Waals surface area contributed by atoms with Crippen LogP contribution in [-0.4, -0.2) is 29.5 Å². The molecule has 3 aromatic rings. The molecule has 0 unspecified atom stereocenters. The van der Waals surface area contributed by atoms with Crippen molar-refractivity contribution in [2.24, 2.45) is 0 Å². The molecule has 1 saturated heterocycles. The summed E-state index contributed by atoms with van der Waals surface area (Å²) in [5, 5.41) is 27.5. The number of nitrogens with zero attached hydrogens (tertiary/aromatic N) is 1. The van der Waals surface area contributed by atoms with E-state index in [0.717, 1.165) is 21.4 Å². The van der Waals surface area contributed by atoms with Crippen molar-refractivity contribution in [3.63, 3.8) is 0 Å². The first kappa shape index (κ1) is 25.0. The molecule has 2 amide bonds. The van der Waals surface area contributed by atoms with Gasteiger partial charge in [0.05, 0.1) is 18.8 Å². The van der Waals surface area contributed by atoms with E-state index in [9.17, 15) is 15.1 Å². The lowest BCUT2D eigenvalue weighted by Crippen LogP contribution is -2.32. The van der Waals surface area contributed by atoms with E-state index in [-0.39, 0.29) is 24.8 Å². The second-order valence-electron chi connectivity index (χ2n) is 8.13. The highest BCUT2D eigenvalue weighted by atomic mass is 32.2. The number of urea groups is 1. The van der Waals surface area contributed by atoms with Gasteiger partial charge in [0.1, 0.15) is 0 Å². The van der Waals surface area contributed by atoms with E-state index in [1.165, 1.54) is 18.0 Å². The molecule has 0 spiro atoms. The topological polar surface area (TPSA) is 107 Å². The first-order chi connectivity index (χ1) is 17.1. The number of benzene rings is 2. The smallest absolute Gasteiger partial charge is 0.319 e. The van der Waals surface area contributed by atoms with Crippen molar-refractivity contribution in [1.29, 1.82) is 0 Å². The Morgan fingerprint density at radius 2 is 1.83 bits per heavy atom. The van der Waals surface area contributed by atoms with Gasteiger partial charge in [0.15, 0.2) is 12.5 Å². The molecule has 35 heavy (non-hydrogen) atoms. The summed E-state index contributed by atoms with van der Waals surface area (Å²) < 4.78 is 13.5. The number of aliphatic hydroxyl groups is 1. The van der Waals surface area contributed by atoms with Gasteiger partial charge >= 0.3 is 6.03 Å². The van der Waals surface area contributed by atoms with Crippen molar-refractivity contribution >= 4 is 23.5 Å². The third-order valence-corrected chi connectivity index (χ3v) is 6.75. The molecule has 0 bridgehead atoms. The van der Waals surface area contributed by atoms with Crippen LogP contribution in [0.5, 0.6) is 0 Å². The molecule has 2 heterocycles. The van der Waals surface area contributed by atoms with Crippen molar-refractivity contribution in [2.75, 3.05) is 17.6 Å². The molecule has 4 rings (SSSR count). The molecular weight excluding hydrogens is 466 g/mol. The third kappa shape index (κ3) is 6.73. The van der Waals surface area contributed by atoms with Crippen molar-refractivity contribution in [3.8, 4) is 0 Å². The normalized spacial score (nSPS) is 19.8. The van der Waals surface area contributed by atoms with Gasteiger partial charge in [0.25, 0.3) is 5.03 Å². The number of carbonyl (C=O) groups is 1. The Hall–Kier alpha value is -3.11. The van der Waals surface area contributed by atoms with Gasteiger partial charge in [0.2, 0.25) is 0 Å². The van der Waals surface area contributed by atoms with E-state index in [1.807, 2.05) is 61.5 Å². The zero-order valence-corrected chi connectivity index (χ0v) is 20.2. The summed E-state index contributed by atoms with van der Waals surface area (Å²) in [5.41, 5.74) is 3.34. The van der Waals surface area contributed by atoms with Crippen LogP contribution in [0.2, 0.25) is 0 Å². The number of thioether (sulfide) groups is 1. The van der Waals surface area contributed by atoms with Gasteiger partial charge in [0, 0.05) is 42.1 Å². The summed E-state index contributed by atoms with van der Waals surface area (Å²) in [6.45, 7) is 2.39. The Morgan fingerprint density at radius 1 is 1.09 bits per heavy atom. The fourth-order valence-electron chi connectivity index (χ4n) is 3.78. The maximum atomic E-state index is 12.0. The van der Waals surface area contributed by atoms with Gasteiger partial charge < -0.3 is 30.4 Å². The van der Waals surface area contributed by atoms with Gasteiger partial charge in [-0.25, -0.2) is 4.79 Å². The highest BCUT2D eigenvalue weighted by molar-refractivity contribution is 7.99. The molecular formula is C26H29N3O5S. The number of rotatable bonds is 8. The van der Waals surface area contributed by atoms with Gasteiger partial charge in [-0.3, -0.25) is 0 Å². The van der Waals surface area contributed by atoms with Crippen LogP contribution in [-0.2, 0) is 16.1 Å². The Labute approximate surface area is 208 Å². The summed E-state index contributed by atoms with van der Waals surface area (Å²) in [7, 11) is 0. The quantitative estimate of drug-likeness (QED) is 0.245. The lowest BCUT2D eigenvalue weighted by atomic mass is 10.0. The first-order valence-corrected chi connectivity index (χ1v) is 12.5. The van der Waals surface area contributed by atoms with E-state index in [2.05, 4.69) is 10.6 Å². The highest BCUT2D eigenvalue weighted by Gasteiger charge is 2.32. The van der Waals surface area contributed by atoms with Gasteiger partial charge in [-0.1, -0.05) is 48.2 Å². The zero-order valence-electron chi connectivity index (χ0n) is 19.4. The predicted octanol–water partition coefficient (Wildman–Crippen LogP) is 4.29. The molecule has 0 aliphatic carbocycles. The average molecular weight is 496 g/mol. The molecule has 3 N–H and O–H groups in total. The summed E-state index contributed by atoms with van der Waals surface area (Å²) >= 11 is 1.45. The second-order valence-corrected chi connectivity index (χ2v) is 9.17. The molecule has 0 saturated carbocycles. The van der Waals surface area contributed by atoms with Crippen LogP contribution < -0.4 is 15.4 Å². The first-order valence-electron chi connectivity index (χ1n) is 11.5. The number of carbonyl (C=O) groups excluding carboxylic acids is 1. The van der Waals surface area contributed by atoms with Crippen LogP contribution in [0, 0.1) is 5.21 Å². The van der Waals surface area contributed by atoms with Gasteiger partial charge in [-0.05, 0) is 36.2 Å². The zero-order chi connectivity index (χ0) is 24.6. The van der Waals surface area contributed by atoms with E-state index in [4.69, 9.17) is 9.47 Å². The van der Waals surface area contributed by atoms with Crippen LogP contribution in [0.1, 0.15) is 42.4 Å². The van der Waals surface area contributed by atoms with Crippen LogP contribution in [0.3, 0.4) is 0 Å². The van der Waals surface area contributed by atoms with Crippen LogP contribution in [0.4, 0.5) is 10.5 Å².